The number of amides is 1. The molecule has 1 fully saturated rings. The lowest BCUT2D eigenvalue weighted by molar-refractivity contribution is 0.101. The zero-order valence-corrected chi connectivity index (χ0v) is 14.0. The standard InChI is InChI=1S/C19H15ClFN3O/c20-15-10-13(8-9-16(15)21)22-19(25)18-11-17(12-6-7-12)23-24(18)14-4-2-1-3-5-14/h1-5,8-12H,6-7H2,(H,22,25). The molecular formula is C19H15ClFN3O. The van der Waals surface area contributed by atoms with Gasteiger partial charge in [0.25, 0.3) is 5.91 Å². The number of rotatable bonds is 4. The molecule has 0 radical (unpaired) electrons. The molecule has 0 unspecified atom stereocenters. The minimum atomic E-state index is -0.523. The number of benzene rings is 2. The molecule has 1 N–H and O–H groups in total. The molecule has 1 heterocycles. The average Bonchev–Trinajstić information content (AvgIpc) is 3.37. The molecule has 4 rings (SSSR count). The van der Waals surface area contributed by atoms with Gasteiger partial charge in [0.05, 0.1) is 16.4 Å². The highest BCUT2D eigenvalue weighted by molar-refractivity contribution is 6.31. The third kappa shape index (κ3) is 3.28. The Balaban J connectivity index is 1.68. The van der Waals surface area contributed by atoms with Crippen LogP contribution in [0, 0.1) is 5.82 Å². The summed E-state index contributed by atoms with van der Waals surface area (Å²) >= 11 is 5.78. The zero-order chi connectivity index (χ0) is 17.4. The predicted octanol–water partition coefficient (Wildman–Crippen LogP) is 4.79. The molecule has 1 amide bonds. The van der Waals surface area contributed by atoms with Crippen molar-refractivity contribution >= 4 is 23.2 Å². The quantitative estimate of drug-likeness (QED) is 0.731. The number of carbonyl (C=O) groups is 1. The summed E-state index contributed by atoms with van der Waals surface area (Å²) in [4.78, 5) is 12.8. The second-order valence-electron chi connectivity index (χ2n) is 6.06. The first kappa shape index (κ1) is 15.8. The van der Waals surface area contributed by atoms with E-state index in [2.05, 4.69) is 10.4 Å². The Morgan fingerprint density at radius 1 is 1.16 bits per heavy atom. The van der Waals surface area contributed by atoms with Gasteiger partial charge in [0, 0.05) is 11.6 Å². The summed E-state index contributed by atoms with van der Waals surface area (Å²) in [5.41, 5.74) is 2.61. The molecule has 2 aromatic carbocycles. The van der Waals surface area contributed by atoms with Crippen molar-refractivity contribution < 1.29 is 9.18 Å². The molecule has 1 aromatic heterocycles. The van der Waals surface area contributed by atoms with Crippen molar-refractivity contribution in [2.45, 2.75) is 18.8 Å². The molecule has 0 bridgehead atoms. The summed E-state index contributed by atoms with van der Waals surface area (Å²) in [6.07, 6.45) is 2.20. The number of aromatic nitrogens is 2. The Bertz CT molecular complexity index is 935. The highest BCUT2D eigenvalue weighted by atomic mass is 35.5. The molecule has 25 heavy (non-hydrogen) atoms. The van der Waals surface area contributed by atoms with E-state index in [1.54, 1.807) is 4.68 Å². The fraction of sp³-hybridized carbons (Fsp3) is 0.158. The van der Waals surface area contributed by atoms with Crippen molar-refractivity contribution in [2.24, 2.45) is 0 Å². The largest absolute Gasteiger partial charge is 0.321 e. The lowest BCUT2D eigenvalue weighted by atomic mass is 10.2. The lowest BCUT2D eigenvalue weighted by Gasteiger charge is -2.09. The highest BCUT2D eigenvalue weighted by Crippen LogP contribution is 2.39. The van der Waals surface area contributed by atoms with E-state index in [0.717, 1.165) is 24.2 Å². The summed E-state index contributed by atoms with van der Waals surface area (Å²) < 4.78 is 14.9. The minimum absolute atomic E-state index is 0.0342. The van der Waals surface area contributed by atoms with Crippen LogP contribution in [0.15, 0.2) is 54.6 Å². The minimum Gasteiger partial charge on any atom is -0.321 e. The van der Waals surface area contributed by atoms with Crippen LogP contribution in [0.2, 0.25) is 5.02 Å². The van der Waals surface area contributed by atoms with Crippen LogP contribution in [0.25, 0.3) is 5.69 Å². The van der Waals surface area contributed by atoms with Crippen molar-refractivity contribution in [3.63, 3.8) is 0 Å². The summed E-state index contributed by atoms with van der Waals surface area (Å²) in [6, 6.07) is 15.4. The van der Waals surface area contributed by atoms with E-state index in [1.807, 2.05) is 36.4 Å². The van der Waals surface area contributed by atoms with Gasteiger partial charge in [-0.3, -0.25) is 4.79 Å². The van der Waals surface area contributed by atoms with Crippen LogP contribution in [0.3, 0.4) is 0 Å². The van der Waals surface area contributed by atoms with Gasteiger partial charge in [-0.05, 0) is 49.2 Å². The average molecular weight is 356 g/mol. The third-order valence-electron chi connectivity index (χ3n) is 4.13. The van der Waals surface area contributed by atoms with Gasteiger partial charge in [-0.1, -0.05) is 29.8 Å². The smallest absolute Gasteiger partial charge is 0.274 e. The fourth-order valence-electron chi connectivity index (χ4n) is 2.67. The maximum atomic E-state index is 13.3. The first-order chi connectivity index (χ1) is 12.1. The second-order valence-corrected chi connectivity index (χ2v) is 6.47. The molecule has 6 heteroatoms. The predicted molar refractivity (Wildman–Crippen MR) is 94.9 cm³/mol. The topological polar surface area (TPSA) is 46.9 Å². The number of nitrogens with zero attached hydrogens (tertiary/aromatic N) is 2. The van der Waals surface area contributed by atoms with E-state index in [1.165, 1.54) is 18.2 Å². The maximum absolute atomic E-state index is 13.3. The van der Waals surface area contributed by atoms with E-state index in [0.29, 0.717) is 17.3 Å². The second kappa shape index (κ2) is 6.33. The molecule has 0 aliphatic heterocycles. The van der Waals surface area contributed by atoms with Crippen LogP contribution < -0.4 is 5.32 Å². The third-order valence-corrected chi connectivity index (χ3v) is 4.42. The van der Waals surface area contributed by atoms with E-state index in [4.69, 9.17) is 11.6 Å². The van der Waals surface area contributed by atoms with Gasteiger partial charge in [0.2, 0.25) is 0 Å². The van der Waals surface area contributed by atoms with Gasteiger partial charge in [0.15, 0.2) is 0 Å². The Labute approximate surface area is 149 Å². The molecular weight excluding hydrogens is 341 g/mol. The van der Waals surface area contributed by atoms with Crippen LogP contribution in [-0.4, -0.2) is 15.7 Å². The first-order valence-electron chi connectivity index (χ1n) is 8.03. The normalized spacial score (nSPS) is 13.7. The zero-order valence-electron chi connectivity index (χ0n) is 13.2. The van der Waals surface area contributed by atoms with Crippen LogP contribution >= 0.6 is 11.6 Å². The molecule has 0 saturated heterocycles. The van der Waals surface area contributed by atoms with Crippen LogP contribution in [0.1, 0.15) is 34.9 Å². The molecule has 126 valence electrons. The van der Waals surface area contributed by atoms with Gasteiger partial charge >= 0.3 is 0 Å². The summed E-state index contributed by atoms with van der Waals surface area (Å²) in [7, 11) is 0. The Hall–Kier alpha value is -2.66. The first-order valence-corrected chi connectivity index (χ1v) is 8.41. The molecule has 1 aliphatic carbocycles. The summed E-state index contributed by atoms with van der Waals surface area (Å²) in [6.45, 7) is 0. The van der Waals surface area contributed by atoms with Crippen LogP contribution in [0.5, 0.6) is 0 Å². The van der Waals surface area contributed by atoms with Gasteiger partial charge in [0.1, 0.15) is 11.5 Å². The Morgan fingerprint density at radius 2 is 1.92 bits per heavy atom. The highest BCUT2D eigenvalue weighted by Gasteiger charge is 2.29. The van der Waals surface area contributed by atoms with E-state index in [9.17, 15) is 9.18 Å². The monoisotopic (exact) mass is 355 g/mol. The van der Waals surface area contributed by atoms with Crippen LogP contribution in [0.4, 0.5) is 10.1 Å². The summed E-state index contributed by atoms with van der Waals surface area (Å²) in [5.74, 6) is -0.410. The van der Waals surface area contributed by atoms with Gasteiger partial charge in [-0.15, -0.1) is 0 Å². The van der Waals surface area contributed by atoms with Crippen molar-refractivity contribution in [3.05, 3.63) is 76.8 Å². The lowest BCUT2D eigenvalue weighted by Crippen LogP contribution is -2.17. The maximum Gasteiger partial charge on any atom is 0.274 e. The van der Waals surface area contributed by atoms with Crippen LogP contribution in [-0.2, 0) is 0 Å². The van der Waals surface area contributed by atoms with Crippen molar-refractivity contribution in [1.82, 2.24) is 9.78 Å². The fourth-order valence-corrected chi connectivity index (χ4v) is 2.86. The Kier molecular flexibility index (Phi) is 4.01. The van der Waals surface area contributed by atoms with Gasteiger partial charge in [-0.2, -0.15) is 5.10 Å². The number of hydrogen-bond acceptors (Lipinski definition) is 2. The SMILES string of the molecule is O=C(Nc1ccc(F)c(Cl)c1)c1cc(C2CC2)nn1-c1ccccc1. The van der Waals surface area contributed by atoms with E-state index in [-0.39, 0.29) is 10.9 Å². The van der Waals surface area contributed by atoms with Crippen molar-refractivity contribution in [2.75, 3.05) is 5.32 Å². The number of hydrogen-bond donors (Lipinski definition) is 1. The van der Waals surface area contributed by atoms with E-state index < -0.39 is 5.82 Å². The molecule has 1 aliphatic rings. The number of nitrogens with one attached hydrogen (secondary N) is 1. The molecule has 1 saturated carbocycles. The molecule has 0 spiro atoms. The summed E-state index contributed by atoms with van der Waals surface area (Å²) in [5, 5.41) is 7.33. The number of carbonyl (C=O) groups excluding carboxylic acids is 1. The number of para-hydroxylation sites is 1. The molecule has 0 atom stereocenters. The molecule has 3 aromatic rings. The molecule has 4 nitrogen and oxygen atoms in total. The Morgan fingerprint density at radius 3 is 2.60 bits per heavy atom. The van der Waals surface area contributed by atoms with Gasteiger partial charge < -0.3 is 5.32 Å². The number of anilines is 1. The number of halogens is 2. The van der Waals surface area contributed by atoms with Crippen molar-refractivity contribution in [1.29, 1.82) is 0 Å². The van der Waals surface area contributed by atoms with E-state index >= 15 is 0 Å². The van der Waals surface area contributed by atoms with Gasteiger partial charge in [-0.25, -0.2) is 9.07 Å². The van der Waals surface area contributed by atoms with Crippen molar-refractivity contribution in [3.8, 4) is 5.69 Å².